The Kier molecular flexibility index (Phi) is 2.75. The van der Waals surface area contributed by atoms with Crippen molar-refractivity contribution in [2.75, 3.05) is 0 Å². The standard InChI is InChI=1S/C11H22N2O2/c1-9(2)7-11(5,12)6-8(14)10(3,4)13(9)15/h15H,6-7,12H2,1-5H3. The largest absolute Gasteiger partial charge is 0.325 e. The van der Waals surface area contributed by atoms with Gasteiger partial charge in [0, 0.05) is 17.5 Å². The lowest BCUT2D eigenvalue weighted by Crippen LogP contribution is -2.56. The summed E-state index contributed by atoms with van der Waals surface area (Å²) in [6.07, 6.45) is 0.895. The first-order chi connectivity index (χ1) is 6.49. The molecule has 0 aromatic carbocycles. The third kappa shape index (κ3) is 2.22. The Labute approximate surface area is 91.4 Å². The van der Waals surface area contributed by atoms with Crippen LogP contribution in [0.5, 0.6) is 0 Å². The van der Waals surface area contributed by atoms with E-state index in [9.17, 15) is 10.0 Å². The number of hydrogen-bond acceptors (Lipinski definition) is 4. The first-order valence-electron chi connectivity index (χ1n) is 5.30. The number of carbonyl (C=O) groups excluding carboxylic acids is 1. The second kappa shape index (κ2) is 3.27. The zero-order valence-corrected chi connectivity index (χ0v) is 10.3. The van der Waals surface area contributed by atoms with Crippen LogP contribution < -0.4 is 5.73 Å². The minimum Gasteiger partial charge on any atom is -0.325 e. The van der Waals surface area contributed by atoms with Gasteiger partial charge >= 0.3 is 0 Å². The molecule has 3 N–H and O–H groups in total. The molecule has 0 amide bonds. The van der Waals surface area contributed by atoms with Crippen molar-refractivity contribution in [3.05, 3.63) is 0 Å². The minimum atomic E-state index is -0.860. The summed E-state index contributed by atoms with van der Waals surface area (Å²) in [5, 5.41) is 11.3. The molecule has 1 saturated heterocycles. The normalized spacial score (nSPS) is 36.3. The maximum absolute atomic E-state index is 12.0. The third-order valence-electron chi connectivity index (χ3n) is 3.19. The lowest BCUT2D eigenvalue weighted by molar-refractivity contribution is -0.218. The molecular formula is C11H22N2O2. The molecule has 0 spiro atoms. The highest BCUT2D eigenvalue weighted by atomic mass is 16.5. The molecule has 0 aliphatic carbocycles. The summed E-state index contributed by atoms with van der Waals surface area (Å²) >= 11 is 0. The summed E-state index contributed by atoms with van der Waals surface area (Å²) in [4.78, 5) is 12.0. The predicted octanol–water partition coefficient (Wildman–Crippen LogP) is 1.32. The number of carbonyl (C=O) groups is 1. The van der Waals surface area contributed by atoms with Gasteiger partial charge in [0.1, 0.15) is 0 Å². The number of Topliss-reactive ketones (excluding diaryl/α,β-unsaturated/α-hetero) is 1. The van der Waals surface area contributed by atoms with Crippen molar-refractivity contribution < 1.29 is 10.0 Å². The van der Waals surface area contributed by atoms with Gasteiger partial charge in [-0.3, -0.25) is 4.79 Å². The van der Waals surface area contributed by atoms with Gasteiger partial charge in [-0.25, -0.2) is 0 Å². The lowest BCUT2D eigenvalue weighted by atomic mass is 9.84. The molecule has 0 saturated carbocycles. The maximum Gasteiger partial charge on any atom is 0.156 e. The lowest BCUT2D eigenvalue weighted by Gasteiger charge is -2.41. The van der Waals surface area contributed by atoms with E-state index in [1.54, 1.807) is 13.8 Å². The van der Waals surface area contributed by atoms with E-state index in [0.29, 0.717) is 12.8 Å². The van der Waals surface area contributed by atoms with Crippen molar-refractivity contribution in [2.45, 2.75) is 64.1 Å². The van der Waals surface area contributed by atoms with Crippen molar-refractivity contribution in [3.8, 4) is 0 Å². The Morgan fingerprint density at radius 1 is 1.27 bits per heavy atom. The van der Waals surface area contributed by atoms with E-state index in [0.717, 1.165) is 5.06 Å². The highest BCUT2D eigenvalue weighted by Crippen LogP contribution is 2.36. The quantitative estimate of drug-likeness (QED) is 0.638. The van der Waals surface area contributed by atoms with E-state index in [1.807, 2.05) is 20.8 Å². The fourth-order valence-corrected chi connectivity index (χ4v) is 2.58. The van der Waals surface area contributed by atoms with Crippen LogP contribution in [-0.4, -0.2) is 32.7 Å². The Balaban J connectivity index is 3.16. The molecule has 1 rings (SSSR count). The van der Waals surface area contributed by atoms with Crippen molar-refractivity contribution in [1.29, 1.82) is 0 Å². The number of ketones is 1. The number of hydroxylamine groups is 2. The van der Waals surface area contributed by atoms with E-state index in [-0.39, 0.29) is 5.78 Å². The highest BCUT2D eigenvalue weighted by Gasteiger charge is 2.49. The maximum atomic E-state index is 12.0. The van der Waals surface area contributed by atoms with E-state index in [1.165, 1.54) is 0 Å². The minimum absolute atomic E-state index is 0.0134. The second-order valence-corrected chi connectivity index (χ2v) is 6.11. The fourth-order valence-electron chi connectivity index (χ4n) is 2.58. The third-order valence-corrected chi connectivity index (χ3v) is 3.19. The van der Waals surface area contributed by atoms with E-state index in [2.05, 4.69) is 0 Å². The molecule has 0 bridgehead atoms. The van der Waals surface area contributed by atoms with Crippen molar-refractivity contribution in [3.63, 3.8) is 0 Å². The predicted molar refractivity (Wildman–Crippen MR) is 58.6 cm³/mol. The van der Waals surface area contributed by atoms with Crippen LogP contribution in [0, 0.1) is 0 Å². The average molecular weight is 214 g/mol. The van der Waals surface area contributed by atoms with Gasteiger partial charge in [-0.05, 0) is 41.0 Å². The molecule has 1 unspecified atom stereocenters. The molecule has 1 aliphatic rings. The SMILES string of the molecule is CC1(N)CC(=O)C(C)(C)N(O)C(C)(C)C1. The van der Waals surface area contributed by atoms with Gasteiger partial charge < -0.3 is 10.9 Å². The molecule has 4 nitrogen and oxygen atoms in total. The van der Waals surface area contributed by atoms with Crippen LogP contribution in [0.4, 0.5) is 0 Å². The van der Waals surface area contributed by atoms with Gasteiger partial charge in [-0.15, -0.1) is 0 Å². The summed E-state index contributed by atoms with van der Waals surface area (Å²) in [6.45, 7) is 9.13. The van der Waals surface area contributed by atoms with Gasteiger partial charge in [-0.2, -0.15) is 5.06 Å². The first kappa shape index (κ1) is 12.6. The van der Waals surface area contributed by atoms with Crippen LogP contribution >= 0.6 is 0 Å². The van der Waals surface area contributed by atoms with Gasteiger partial charge in [0.15, 0.2) is 5.78 Å². The smallest absolute Gasteiger partial charge is 0.156 e. The number of rotatable bonds is 0. The Hall–Kier alpha value is -0.450. The second-order valence-electron chi connectivity index (χ2n) is 6.11. The molecule has 1 heterocycles. The first-order valence-corrected chi connectivity index (χ1v) is 5.30. The van der Waals surface area contributed by atoms with Crippen molar-refractivity contribution in [1.82, 2.24) is 5.06 Å². The van der Waals surface area contributed by atoms with Crippen LogP contribution in [0.3, 0.4) is 0 Å². The average Bonchev–Trinajstić information content (AvgIpc) is 2.01. The van der Waals surface area contributed by atoms with Crippen LogP contribution in [0.15, 0.2) is 0 Å². The number of nitrogens with two attached hydrogens (primary N) is 1. The molecule has 88 valence electrons. The summed E-state index contributed by atoms with van der Waals surface area (Å²) < 4.78 is 0. The molecule has 0 aromatic heterocycles. The number of nitrogens with zero attached hydrogens (tertiary/aromatic N) is 1. The van der Waals surface area contributed by atoms with E-state index in [4.69, 9.17) is 5.73 Å². The fraction of sp³-hybridized carbons (Fsp3) is 0.909. The summed E-state index contributed by atoms with van der Waals surface area (Å²) in [5.41, 5.74) is 4.17. The molecular weight excluding hydrogens is 192 g/mol. The Morgan fingerprint density at radius 2 is 1.73 bits per heavy atom. The molecule has 0 aromatic rings. The zero-order chi connectivity index (χ0) is 12.1. The summed E-state index contributed by atoms with van der Waals surface area (Å²) in [6, 6.07) is 0. The topological polar surface area (TPSA) is 66.6 Å². The Morgan fingerprint density at radius 3 is 2.20 bits per heavy atom. The Bertz CT molecular complexity index is 282. The van der Waals surface area contributed by atoms with Crippen LogP contribution in [0.1, 0.15) is 47.5 Å². The molecule has 15 heavy (non-hydrogen) atoms. The van der Waals surface area contributed by atoms with Crippen molar-refractivity contribution in [2.24, 2.45) is 5.73 Å². The monoisotopic (exact) mass is 214 g/mol. The summed E-state index contributed by atoms with van der Waals surface area (Å²) in [7, 11) is 0. The van der Waals surface area contributed by atoms with Gasteiger partial charge in [0.25, 0.3) is 0 Å². The van der Waals surface area contributed by atoms with E-state index < -0.39 is 16.6 Å². The molecule has 1 fully saturated rings. The van der Waals surface area contributed by atoms with E-state index >= 15 is 0 Å². The molecule has 1 aliphatic heterocycles. The van der Waals surface area contributed by atoms with Gasteiger partial charge in [-0.1, -0.05) is 0 Å². The van der Waals surface area contributed by atoms with Crippen molar-refractivity contribution >= 4 is 5.78 Å². The number of hydrogen-bond donors (Lipinski definition) is 2. The summed E-state index contributed by atoms with van der Waals surface area (Å²) in [5.74, 6) is -0.0134. The van der Waals surface area contributed by atoms with Crippen LogP contribution in [0.25, 0.3) is 0 Å². The van der Waals surface area contributed by atoms with Crippen LogP contribution in [0.2, 0.25) is 0 Å². The van der Waals surface area contributed by atoms with Crippen LogP contribution in [-0.2, 0) is 4.79 Å². The molecule has 0 radical (unpaired) electrons. The van der Waals surface area contributed by atoms with Gasteiger partial charge in [0.2, 0.25) is 0 Å². The molecule has 4 heteroatoms. The highest BCUT2D eigenvalue weighted by molar-refractivity contribution is 5.88. The van der Waals surface area contributed by atoms with Gasteiger partial charge in [0.05, 0.1) is 5.54 Å². The molecule has 1 atom stereocenters. The zero-order valence-electron chi connectivity index (χ0n) is 10.3.